The molecule has 1 N–H and O–H groups in total. The van der Waals surface area contributed by atoms with Crippen molar-refractivity contribution in [2.45, 2.75) is 32.6 Å². The molecule has 4 rings (SSSR count). The van der Waals surface area contributed by atoms with Crippen molar-refractivity contribution in [2.75, 3.05) is 19.6 Å². The SMILES string of the molecule is Cc1ccc(C(=O)N2C[C@H](C(=O)NCC3CC3)[C@@H](c3ccccc3C)C2)cc1. The number of benzene rings is 2. The molecule has 1 heterocycles. The van der Waals surface area contributed by atoms with Crippen molar-refractivity contribution in [1.29, 1.82) is 0 Å². The van der Waals surface area contributed by atoms with E-state index in [1.165, 1.54) is 24.0 Å². The summed E-state index contributed by atoms with van der Waals surface area (Å²) in [5.41, 5.74) is 4.17. The number of carbonyl (C=O) groups excluding carboxylic acids is 2. The predicted molar refractivity (Wildman–Crippen MR) is 110 cm³/mol. The first-order chi connectivity index (χ1) is 13.5. The van der Waals surface area contributed by atoms with Crippen molar-refractivity contribution >= 4 is 11.8 Å². The first-order valence-corrected chi connectivity index (χ1v) is 10.2. The zero-order valence-corrected chi connectivity index (χ0v) is 16.7. The van der Waals surface area contributed by atoms with Crippen LogP contribution in [0.15, 0.2) is 48.5 Å². The second-order valence-corrected chi connectivity index (χ2v) is 8.33. The molecule has 0 spiro atoms. The fourth-order valence-electron chi connectivity index (χ4n) is 4.13. The summed E-state index contributed by atoms with van der Waals surface area (Å²) in [6.07, 6.45) is 2.43. The number of aryl methyl sites for hydroxylation is 2. The predicted octanol–water partition coefficient (Wildman–Crippen LogP) is 3.69. The number of carbonyl (C=O) groups is 2. The fraction of sp³-hybridized carbons (Fsp3) is 0.417. The Labute approximate surface area is 166 Å². The molecule has 2 atom stereocenters. The minimum Gasteiger partial charge on any atom is -0.356 e. The maximum Gasteiger partial charge on any atom is 0.253 e. The largest absolute Gasteiger partial charge is 0.356 e. The van der Waals surface area contributed by atoms with Gasteiger partial charge in [0.2, 0.25) is 5.91 Å². The number of likely N-dealkylation sites (tertiary alicyclic amines) is 1. The monoisotopic (exact) mass is 376 g/mol. The lowest BCUT2D eigenvalue weighted by Gasteiger charge is -2.20. The number of amides is 2. The zero-order chi connectivity index (χ0) is 19.7. The molecule has 2 aromatic rings. The van der Waals surface area contributed by atoms with Crippen molar-refractivity contribution in [3.8, 4) is 0 Å². The summed E-state index contributed by atoms with van der Waals surface area (Å²) in [6.45, 7) is 5.92. The standard InChI is InChI=1S/C24H28N2O2/c1-16-7-11-19(12-8-16)24(28)26-14-21(20-6-4-3-5-17(20)2)22(15-26)23(27)25-13-18-9-10-18/h3-8,11-12,18,21-22H,9-10,13-15H2,1-2H3,(H,25,27)/t21-,22+/m1/s1. The number of hydrogen-bond acceptors (Lipinski definition) is 2. The van der Waals surface area contributed by atoms with E-state index in [2.05, 4.69) is 24.4 Å². The topological polar surface area (TPSA) is 49.4 Å². The van der Waals surface area contributed by atoms with Gasteiger partial charge >= 0.3 is 0 Å². The van der Waals surface area contributed by atoms with Gasteiger partial charge in [0, 0.05) is 31.1 Å². The van der Waals surface area contributed by atoms with Crippen LogP contribution in [0.5, 0.6) is 0 Å². The molecule has 1 aliphatic carbocycles. The van der Waals surface area contributed by atoms with Crippen LogP contribution in [0.4, 0.5) is 0 Å². The van der Waals surface area contributed by atoms with E-state index in [0.29, 0.717) is 24.6 Å². The van der Waals surface area contributed by atoms with E-state index in [9.17, 15) is 9.59 Å². The third kappa shape index (κ3) is 3.96. The van der Waals surface area contributed by atoms with Crippen LogP contribution in [-0.2, 0) is 4.79 Å². The highest BCUT2D eigenvalue weighted by molar-refractivity contribution is 5.95. The molecule has 2 amide bonds. The summed E-state index contributed by atoms with van der Waals surface area (Å²) in [7, 11) is 0. The zero-order valence-electron chi connectivity index (χ0n) is 16.7. The molecule has 4 heteroatoms. The highest BCUT2D eigenvalue weighted by atomic mass is 16.2. The average molecular weight is 377 g/mol. The second-order valence-electron chi connectivity index (χ2n) is 8.33. The molecule has 146 valence electrons. The Balaban J connectivity index is 1.56. The van der Waals surface area contributed by atoms with Crippen molar-refractivity contribution in [3.05, 3.63) is 70.8 Å². The van der Waals surface area contributed by atoms with Gasteiger partial charge in [-0.15, -0.1) is 0 Å². The number of hydrogen-bond donors (Lipinski definition) is 1. The van der Waals surface area contributed by atoms with Crippen LogP contribution in [0.3, 0.4) is 0 Å². The number of nitrogens with zero attached hydrogens (tertiary/aromatic N) is 1. The first kappa shape index (κ1) is 18.7. The van der Waals surface area contributed by atoms with E-state index < -0.39 is 0 Å². The molecule has 28 heavy (non-hydrogen) atoms. The molecule has 0 radical (unpaired) electrons. The van der Waals surface area contributed by atoms with Crippen LogP contribution in [0.25, 0.3) is 0 Å². The number of rotatable bonds is 5. The molecule has 0 unspecified atom stereocenters. The lowest BCUT2D eigenvalue weighted by atomic mass is 9.86. The lowest BCUT2D eigenvalue weighted by molar-refractivity contribution is -0.125. The molecule has 1 saturated heterocycles. The summed E-state index contributed by atoms with van der Waals surface area (Å²) in [4.78, 5) is 27.9. The molecular formula is C24H28N2O2. The molecule has 0 bridgehead atoms. The van der Waals surface area contributed by atoms with Crippen LogP contribution < -0.4 is 5.32 Å². The Morgan fingerprint density at radius 1 is 1.00 bits per heavy atom. The Bertz CT molecular complexity index is 870. The third-order valence-electron chi connectivity index (χ3n) is 6.09. The molecular weight excluding hydrogens is 348 g/mol. The highest BCUT2D eigenvalue weighted by Gasteiger charge is 2.41. The summed E-state index contributed by atoms with van der Waals surface area (Å²) in [5.74, 6) is 0.576. The van der Waals surface area contributed by atoms with Gasteiger partial charge in [0.05, 0.1) is 5.92 Å². The summed E-state index contributed by atoms with van der Waals surface area (Å²) in [5, 5.41) is 3.14. The molecule has 0 aromatic heterocycles. The number of nitrogens with one attached hydrogen (secondary N) is 1. The van der Waals surface area contributed by atoms with E-state index in [4.69, 9.17) is 0 Å². The Kier molecular flexibility index (Phi) is 5.21. The quantitative estimate of drug-likeness (QED) is 0.865. The van der Waals surface area contributed by atoms with Gasteiger partial charge in [0.15, 0.2) is 0 Å². The summed E-state index contributed by atoms with van der Waals surface area (Å²) in [6, 6.07) is 15.9. The maximum absolute atomic E-state index is 13.1. The Morgan fingerprint density at radius 2 is 1.71 bits per heavy atom. The van der Waals surface area contributed by atoms with Crippen LogP contribution in [0.2, 0.25) is 0 Å². The molecule has 4 nitrogen and oxygen atoms in total. The van der Waals surface area contributed by atoms with Gasteiger partial charge in [-0.3, -0.25) is 9.59 Å². The van der Waals surface area contributed by atoms with Crippen molar-refractivity contribution in [3.63, 3.8) is 0 Å². The van der Waals surface area contributed by atoms with Gasteiger partial charge in [-0.1, -0.05) is 42.0 Å². The summed E-state index contributed by atoms with van der Waals surface area (Å²) >= 11 is 0. The van der Waals surface area contributed by atoms with Crippen molar-refractivity contribution in [2.24, 2.45) is 11.8 Å². The minimum atomic E-state index is -0.200. The normalized spacial score (nSPS) is 21.6. The smallest absolute Gasteiger partial charge is 0.253 e. The van der Waals surface area contributed by atoms with Crippen LogP contribution in [0, 0.1) is 25.7 Å². The molecule has 1 saturated carbocycles. The van der Waals surface area contributed by atoms with Gasteiger partial charge in [-0.25, -0.2) is 0 Å². The summed E-state index contributed by atoms with van der Waals surface area (Å²) < 4.78 is 0. The van der Waals surface area contributed by atoms with Crippen LogP contribution >= 0.6 is 0 Å². The Hall–Kier alpha value is -2.62. The van der Waals surface area contributed by atoms with Crippen molar-refractivity contribution in [1.82, 2.24) is 10.2 Å². The lowest BCUT2D eigenvalue weighted by Crippen LogP contribution is -2.36. The average Bonchev–Trinajstić information content (AvgIpc) is 3.43. The fourth-order valence-corrected chi connectivity index (χ4v) is 4.13. The van der Waals surface area contributed by atoms with E-state index in [-0.39, 0.29) is 23.7 Å². The minimum absolute atomic E-state index is 0.0103. The second kappa shape index (κ2) is 7.78. The van der Waals surface area contributed by atoms with Gasteiger partial charge in [-0.2, -0.15) is 0 Å². The van der Waals surface area contributed by atoms with E-state index >= 15 is 0 Å². The highest BCUT2D eigenvalue weighted by Crippen LogP contribution is 2.36. The first-order valence-electron chi connectivity index (χ1n) is 10.2. The molecule has 1 aliphatic heterocycles. The Morgan fingerprint density at radius 3 is 2.39 bits per heavy atom. The van der Waals surface area contributed by atoms with Crippen LogP contribution in [-0.4, -0.2) is 36.3 Å². The van der Waals surface area contributed by atoms with Crippen LogP contribution in [0.1, 0.15) is 45.8 Å². The molecule has 2 aliphatic rings. The van der Waals surface area contributed by atoms with Gasteiger partial charge in [-0.05, 0) is 55.9 Å². The van der Waals surface area contributed by atoms with Gasteiger partial charge in [0.25, 0.3) is 5.91 Å². The van der Waals surface area contributed by atoms with Gasteiger partial charge < -0.3 is 10.2 Å². The molecule has 2 fully saturated rings. The molecule has 2 aromatic carbocycles. The third-order valence-corrected chi connectivity index (χ3v) is 6.09. The van der Waals surface area contributed by atoms with E-state index in [1.807, 2.05) is 48.2 Å². The maximum atomic E-state index is 13.1. The van der Waals surface area contributed by atoms with Gasteiger partial charge in [0.1, 0.15) is 0 Å². The van der Waals surface area contributed by atoms with E-state index in [1.54, 1.807) is 0 Å². The van der Waals surface area contributed by atoms with Crippen molar-refractivity contribution < 1.29 is 9.59 Å². The van der Waals surface area contributed by atoms with E-state index in [0.717, 1.165) is 12.1 Å².